The first-order valence-corrected chi connectivity index (χ1v) is 10.8. The summed E-state index contributed by atoms with van der Waals surface area (Å²) < 4.78 is 2.09. The summed E-state index contributed by atoms with van der Waals surface area (Å²) in [7, 11) is 0. The molecule has 0 saturated heterocycles. The quantitative estimate of drug-likeness (QED) is 0.449. The number of amides is 1. The summed E-state index contributed by atoms with van der Waals surface area (Å²) >= 11 is 3.24. The molecular weight excluding hydrogens is 374 g/mol. The van der Waals surface area contributed by atoms with Gasteiger partial charge in [-0.3, -0.25) is 9.20 Å². The molecule has 0 fully saturated rings. The van der Waals surface area contributed by atoms with Crippen LogP contribution in [0.2, 0.25) is 0 Å². The average molecular weight is 394 g/mol. The number of thiazole rings is 1. The van der Waals surface area contributed by atoms with Crippen LogP contribution < -0.4 is 5.32 Å². The summed E-state index contributed by atoms with van der Waals surface area (Å²) in [5, 5.41) is 5.11. The molecule has 6 heteroatoms. The molecule has 0 aliphatic carbocycles. The van der Waals surface area contributed by atoms with Gasteiger partial charge in [0, 0.05) is 34.2 Å². The minimum Gasteiger partial charge on any atom is -0.325 e. The number of aryl methyl sites for hydroxylation is 1. The van der Waals surface area contributed by atoms with Crippen LogP contribution in [0, 0.1) is 0 Å². The van der Waals surface area contributed by atoms with Crippen molar-refractivity contribution in [1.82, 2.24) is 9.38 Å². The standard InChI is InChI=1S/C21H19N3OS2/c1-26-19-10-6-5-9-17(19)22-20(25)12-11-16-14-27-21-23-18(13-24(16)21)15-7-3-2-4-8-15/h2-10,13-14H,11-12H2,1H3,(H,22,25). The highest BCUT2D eigenvalue weighted by molar-refractivity contribution is 7.98. The van der Waals surface area contributed by atoms with E-state index >= 15 is 0 Å². The molecule has 1 N–H and O–H groups in total. The number of carbonyl (C=O) groups is 1. The Labute approximate surface area is 166 Å². The normalized spacial score (nSPS) is 11.0. The molecule has 1 amide bonds. The van der Waals surface area contributed by atoms with Gasteiger partial charge in [-0.05, 0) is 24.8 Å². The zero-order valence-corrected chi connectivity index (χ0v) is 16.5. The van der Waals surface area contributed by atoms with Crippen molar-refractivity contribution in [3.05, 3.63) is 71.9 Å². The number of rotatable bonds is 6. The second kappa shape index (κ2) is 7.98. The summed E-state index contributed by atoms with van der Waals surface area (Å²) in [4.78, 5) is 19.1. The highest BCUT2D eigenvalue weighted by atomic mass is 32.2. The summed E-state index contributed by atoms with van der Waals surface area (Å²) in [6.07, 6.45) is 5.18. The Bertz CT molecular complexity index is 1070. The van der Waals surface area contributed by atoms with Crippen LogP contribution in [0.25, 0.3) is 16.2 Å². The summed E-state index contributed by atoms with van der Waals surface area (Å²) in [6.45, 7) is 0. The lowest BCUT2D eigenvalue weighted by Gasteiger charge is -2.09. The number of hydrogen-bond donors (Lipinski definition) is 1. The number of anilines is 1. The van der Waals surface area contributed by atoms with Gasteiger partial charge in [-0.1, -0.05) is 42.5 Å². The number of imidazole rings is 1. The minimum absolute atomic E-state index is 0.0271. The molecule has 0 atom stereocenters. The molecule has 4 nitrogen and oxygen atoms in total. The molecule has 27 heavy (non-hydrogen) atoms. The molecule has 0 spiro atoms. The molecule has 0 unspecified atom stereocenters. The SMILES string of the molecule is CSc1ccccc1NC(=O)CCc1csc2nc(-c3ccccc3)cn12. The van der Waals surface area contributed by atoms with E-state index in [0.29, 0.717) is 12.8 Å². The Morgan fingerprint density at radius 3 is 2.74 bits per heavy atom. The van der Waals surface area contributed by atoms with Crippen LogP contribution in [0.5, 0.6) is 0 Å². The van der Waals surface area contributed by atoms with Crippen LogP contribution >= 0.6 is 23.1 Å². The van der Waals surface area contributed by atoms with Crippen molar-refractivity contribution in [2.24, 2.45) is 0 Å². The number of para-hydroxylation sites is 1. The summed E-state index contributed by atoms with van der Waals surface area (Å²) in [6, 6.07) is 18.0. The first-order chi connectivity index (χ1) is 13.2. The van der Waals surface area contributed by atoms with Crippen LogP contribution in [0.15, 0.2) is 71.1 Å². The van der Waals surface area contributed by atoms with E-state index in [0.717, 1.165) is 32.5 Å². The van der Waals surface area contributed by atoms with Crippen molar-refractivity contribution < 1.29 is 4.79 Å². The summed E-state index contributed by atoms with van der Waals surface area (Å²) in [5.41, 5.74) is 4.05. The number of fused-ring (bicyclic) bond motifs is 1. The molecule has 2 aromatic heterocycles. The van der Waals surface area contributed by atoms with Crippen LogP contribution in [0.1, 0.15) is 12.1 Å². The average Bonchev–Trinajstić information content (AvgIpc) is 3.29. The van der Waals surface area contributed by atoms with Crippen molar-refractivity contribution in [3.8, 4) is 11.3 Å². The highest BCUT2D eigenvalue weighted by Crippen LogP contribution is 2.26. The monoisotopic (exact) mass is 393 g/mol. The van der Waals surface area contributed by atoms with E-state index in [1.54, 1.807) is 23.1 Å². The smallest absolute Gasteiger partial charge is 0.224 e. The maximum absolute atomic E-state index is 12.4. The second-order valence-corrected chi connectivity index (χ2v) is 7.80. The number of aromatic nitrogens is 2. The highest BCUT2D eigenvalue weighted by Gasteiger charge is 2.12. The third kappa shape index (κ3) is 3.91. The number of thioether (sulfide) groups is 1. The van der Waals surface area contributed by atoms with Crippen LogP contribution in [0.3, 0.4) is 0 Å². The lowest BCUT2D eigenvalue weighted by atomic mass is 10.2. The Hall–Kier alpha value is -2.57. The van der Waals surface area contributed by atoms with Gasteiger partial charge in [-0.25, -0.2) is 4.98 Å². The molecule has 0 aliphatic heterocycles. The Morgan fingerprint density at radius 2 is 1.93 bits per heavy atom. The topological polar surface area (TPSA) is 46.4 Å². The molecule has 0 radical (unpaired) electrons. The molecule has 0 bridgehead atoms. The number of carbonyl (C=O) groups excluding carboxylic acids is 1. The second-order valence-electron chi connectivity index (χ2n) is 6.12. The van der Waals surface area contributed by atoms with E-state index in [2.05, 4.69) is 33.4 Å². The third-order valence-corrected chi connectivity index (χ3v) is 6.03. The lowest BCUT2D eigenvalue weighted by molar-refractivity contribution is -0.116. The molecule has 4 rings (SSSR count). The van der Waals surface area contributed by atoms with Gasteiger partial charge in [-0.2, -0.15) is 0 Å². The van der Waals surface area contributed by atoms with Gasteiger partial charge in [0.1, 0.15) is 0 Å². The molecule has 2 aromatic carbocycles. The van der Waals surface area contributed by atoms with Gasteiger partial charge in [-0.15, -0.1) is 23.1 Å². The molecule has 136 valence electrons. The van der Waals surface area contributed by atoms with Gasteiger partial charge >= 0.3 is 0 Å². The van der Waals surface area contributed by atoms with Crippen molar-refractivity contribution in [1.29, 1.82) is 0 Å². The summed E-state index contributed by atoms with van der Waals surface area (Å²) in [5.74, 6) is 0.0271. The van der Waals surface area contributed by atoms with E-state index in [1.165, 1.54) is 0 Å². The van der Waals surface area contributed by atoms with E-state index < -0.39 is 0 Å². The predicted octanol–water partition coefficient (Wildman–Crippen LogP) is 5.36. The minimum atomic E-state index is 0.0271. The van der Waals surface area contributed by atoms with E-state index in [1.807, 2.05) is 48.7 Å². The van der Waals surface area contributed by atoms with E-state index in [-0.39, 0.29) is 5.91 Å². The number of nitrogens with one attached hydrogen (secondary N) is 1. The number of nitrogens with zero attached hydrogens (tertiary/aromatic N) is 2. The molecule has 4 aromatic rings. The van der Waals surface area contributed by atoms with Crippen molar-refractivity contribution in [2.75, 3.05) is 11.6 Å². The Balaban J connectivity index is 1.46. The van der Waals surface area contributed by atoms with Crippen molar-refractivity contribution in [2.45, 2.75) is 17.7 Å². The Kier molecular flexibility index (Phi) is 5.27. The molecule has 0 aliphatic rings. The molecule has 2 heterocycles. The zero-order valence-electron chi connectivity index (χ0n) is 14.9. The largest absolute Gasteiger partial charge is 0.325 e. The Morgan fingerprint density at radius 1 is 1.15 bits per heavy atom. The third-order valence-electron chi connectivity index (χ3n) is 4.34. The number of hydrogen-bond acceptors (Lipinski definition) is 4. The lowest BCUT2D eigenvalue weighted by Crippen LogP contribution is -2.13. The van der Waals surface area contributed by atoms with Crippen LogP contribution in [-0.4, -0.2) is 21.5 Å². The maximum atomic E-state index is 12.4. The maximum Gasteiger partial charge on any atom is 0.224 e. The van der Waals surface area contributed by atoms with Gasteiger partial charge in [0.15, 0.2) is 4.96 Å². The fourth-order valence-electron chi connectivity index (χ4n) is 2.96. The van der Waals surface area contributed by atoms with Gasteiger partial charge in [0.2, 0.25) is 5.91 Å². The fourth-order valence-corrected chi connectivity index (χ4v) is 4.42. The molecule has 0 saturated carbocycles. The zero-order chi connectivity index (χ0) is 18.6. The van der Waals surface area contributed by atoms with Gasteiger partial charge in [0.05, 0.1) is 11.4 Å². The fraction of sp³-hybridized carbons (Fsp3) is 0.143. The van der Waals surface area contributed by atoms with Gasteiger partial charge < -0.3 is 5.32 Å². The predicted molar refractivity (Wildman–Crippen MR) is 114 cm³/mol. The molecular formula is C21H19N3OS2. The van der Waals surface area contributed by atoms with Crippen LogP contribution in [-0.2, 0) is 11.2 Å². The van der Waals surface area contributed by atoms with Crippen molar-refractivity contribution >= 4 is 39.7 Å². The number of benzene rings is 2. The van der Waals surface area contributed by atoms with Crippen LogP contribution in [0.4, 0.5) is 5.69 Å². The van der Waals surface area contributed by atoms with E-state index in [9.17, 15) is 4.79 Å². The van der Waals surface area contributed by atoms with E-state index in [4.69, 9.17) is 4.98 Å². The first-order valence-electron chi connectivity index (χ1n) is 8.68. The first kappa shape index (κ1) is 17.8. The van der Waals surface area contributed by atoms with Gasteiger partial charge in [0.25, 0.3) is 0 Å². The van der Waals surface area contributed by atoms with Crippen molar-refractivity contribution in [3.63, 3.8) is 0 Å².